The van der Waals surface area contributed by atoms with Crippen LogP contribution in [0.5, 0.6) is 11.5 Å². The fourth-order valence-electron chi connectivity index (χ4n) is 2.67. The van der Waals surface area contributed by atoms with Crippen LogP contribution in [0.2, 0.25) is 0 Å². The SMILES string of the molecule is CCCC(NC1COc2cc(O)ccc21)c1cccs1. The van der Waals surface area contributed by atoms with E-state index in [1.807, 2.05) is 6.07 Å². The molecule has 0 radical (unpaired) electrons. The summed E-state index contributed by atoms with van der Waals surface area (Å²) in [5, 5.41) is 15.3. The van der Waals surface area contributed by atoms with Gasteiger partial charge in [-0.2, -0.15) is 0 Å². The van der Waals surface area contributed by atoms with E-state index in [4.69, 9.17) is 4.74 Å². The third kappa shape index (κ3) is 2.67. The highest BCUT2D eigenvalue weighted by Gasteiger charge is 2.27. The highest BCUT2D eigenvalue weighted by atomic mass is 32.1. The molecule has 0 spiro atoms. The van der Waals surface area contributed by atoms with Crippen molar-refractivity contribution >= 4 is 11.3 Å². The van der Waals surface area contributed by atoms with Crippen molar-refractivity contribution in [2.24, 2.45) is 0 Å². The lowest BCUT2D eigenvalue weighted by atomic mass is 10.0. The first kappa shape index (κ1) is 13.5. The zero-order chi connectivity index (χ0) is 13.9. The number of phenols is 1. The van der Waals surface area contributed by atoms with E-state index in [0.29, 0.717) is 12.6 Å². The van der Waals surface area contributed by atoms with Gasteiger partial charge in [-0.25, -0.2) is 0 Å². The van der Waals surface area contributed by atoms with Crippen LogP contribution >= 0.6 is 11.3 Å². The first-order chi connectivity index (χ1) is 9.78. The molecule has 2 atom stereocenters. The molecule has 0 amide bonds. The van der Waals surface area contributed by atoms with Crippen molar-refractivity contribution < 1.29 is 9.84 Å². The maximum Gasteiger partial charge on any atom is 0.127 e. The molecule has 1 aromatic heterocycles. The fraction of sp³-hybridized carbons (Fsp3) is 0.375. The highest BCUT2D eigenvalue weighted by molar-refractivity contribution is 7.10. The molecule has 0 bridgehead atoms. The lowest BCUT2D eigenvalue weighted by molar-refractivity contribution is 0.294. The summed E-state index contributed by atoms with van der Waals surface area (Å²) in [5.41, 5.74) is 1.14. The summed E-state index contributed by atoms with van der Waals surface area (Å²) in [7, 11) is 0. The fourth-order valence-corrected chi connectivity index (χ4v) is 3.49. The van der Waals surface area contributed by atoms with Crippen molar-refractivity contribution in [2.45, 2.75) is 31.8 Å². The van der Waals surface area contributed by atoms with Crippen LogP contribution in [-0.4, -0.2) is 11.7 Å². The van der Waals surface area contributed by atoms with Crippen LogP contribution in [0.25, 0.3) is 0 Å². The second kappa shape index (κ2) is 5.85. The van der Waals surface area contributed by atoms with Crippen LogP contribution in [0.15, 0.2) is 35.7 Å². The minimum absolute atomic E-state index is 0.198. The topological polar surface area (TPSA) is 41.5 Å². The summed E-state index contributed by atoms with van der Waals surface area (Å²) >= 11 is 1.79. The average Bonchev–Trinajstić information content (AvgIpc) is 3.07. The van der Waals surface area contributed by atoms with E-state index in [9.17, 15) is 5.11 Å². The summed E-state index contributed by atoms with van der Waals surface area (Å²) < 4.78 is 5.67. The molecule has 1 aliphatic rings. The summed E-state index contributed by atoms with van der Waals surface area (Å²) in [6.07, 6.45) is 2.26. The quantitative estimate of drug-likeness (QED) is 0.873. The van der Waals surface area contributed by atoms with Gasteiger partial charge in [0, 0.05) is 22.5 Å². The van der Waals surface area contributed by atoms with E-state index in [1.165, 1.54) is 4.88 Å². The lowest BCUT2D eigenvalue weighted by Gasteiger charge is -2.21. The van der Waals surface area contributed by atoms with Crippen LogP contribution in [0.3, 0.4) is 0 Å². The second-order valence-electron chi connectivity index (χ2n) is 5.11. The van der Waals surface area contributed by atoms with Crippen LogP contribution in [0, 0.1) is 0 Å². The molecule has 0 fully saturated rings. The zero-order valence-electron chi connectivity index (χ0n) is 11.5. The van der Waals surface area contributed by atoms with Gasteiger partial charge in [0.15, 0.2) is 0 Å². The van der Waals surface area contributed by atoms with Gasteiger partial charge in [-0.3, -0.25) is 5.32 Å². The van der Waals surface area contributed by atoms with Gasteiger partial charge in [0.1, 0.15) is 18.1 Å². The standard InChI is InChI=1S/C16H19NO2S/c1-2-4-13(16-5-3-8-20-16)17-14-10-19-15-9-11(18)6-7-12(14)15/h3,5-9,13-14,17-18H,2,4,10H2,1H3. The molecule has 2 N–H and O–H groups in total. The molecule has 2 heterocycles. The maximum absolute atomic E-state index is 9.50. The molecule has 0 aliphatic carbocycles. The van der Waals surface area contributed by atoms with E-state index in [-0.39, 0.29) is 11.8 Å². The average molecular weight is 289 g/mol. The molecule has 3 nitrogen and oxygen atoms in total. The van der Waals surface area contributed by atoms with Gasteiger partial charge < -0.3 is 9.84 Å². The molecule has 2 aromatic rings. The lowest BCUT2D eigenvalue weighted by Crippen LogP contribution is -2.27. The van der Waals surface area contributed by atoms with E-state index >= 15 is 0 Å². The van der Waals surface area contributed by atoms with Crippen molar-refractivity contribution in [1.29, 1.82) is 0 Å². The Kier molecular flexibility index (Phi) is 3.94. The van der Waals surface area contributed by atoms with Gasteiger partial charge in [-0.15, -0.1) is 11.3 Å². The summed E-state index contributed by atoms with van der Waals surface area (Å²) in [5.74, 6) is 1.05. The Morgan fingerprint density at radius 2 is 2.35 bits per heavy atom. The van der Waals surface area contributed by atoms with Crippen LogP contribution in [-0.2, 0) is 0 Å². The smallest absolute Gasteiger partial charge is 0.127 e. The third-order valence-corrected chi connectivity index (χ3v) is 4.63. The van der Waals surface area contributed by atoms with Gasteiger partial charge in [0.05, 0.1) is 6.04 Å². The Balaban J connectivity index is 1.78. The van der Waals surface area contributed by atoms with Crippen LogP contribution < -0.4 is 10.1 Å². The van der Waals surface area contributed by atoms with Crippen molar-refractivity contribution in [3.63, 3.8) is 0 Å². The first-order valence-corrected chi connectivity index (χ1v) is 7.91. The second-order valence-corrected chi connectivity index (χ2v) is 6.09. The predicted octanol–water partition coefficient (Wildman–Crippen LogP) is 4.02. The molecule has 2 unspecified atom stereocenters. The molecule has 1 aromatic carbocycles. The number of benzene rings is 1. The Hall–Kier alpha value is -1.52. The summed E-state index contributed by atoms with van der Waals surface area (Å²) in [6, 6.07) is 10.2. The largest absolute Gasteiger partial charge is 0.508 e. The van der Waals surface area contributed by atoms with Gasteiger partial charge in [-0.1, -0.05) is 19.4 Å². The van der Waals surface area contributed by atoms with Crippen molar-refractivity contribution in [2.75, 3.05) is 6.61 Å². The molecule has 0 saturated carbocycles. The number of hydrogen-bond donors (Lipinski definition) is 2. The van der Waals surface area contributed by atoms with Gasteiger partial charge in [0.25, 0.3) is 0 Å². The monoisotopic (exact) mass is 289 g/mol. The van der Waals surface area contributed by atoms with Crippen LogP contribution in [0.4, 0.5) is 0 Å². The summed E-state index contributed by atoms with van der Waals surface area (Å²) in [4.78, 5) is 1.37. The molecule has 20 heavy (non-hydrogen) atoms. The van der Waals surface area contributed by atoms with E-state index in [2.05, 4.69) is 29.8 Å². The van der Waals surface area contributed by atoms with Crippen molar-refractivity contribution in [1.82, 2.24) is 5.32 Å². The van der Waals surface area contributed by atoms with Crippen molar-refractivity contribution in [3.8, 4) is 11.5 Å². The number of aromatic hydroxyl groups is 1. The molecule has 1 aliphatic heterocycles. The van der Waals surface area contributed by atoms with E-state index in [1.54, 1.807) is 23.5 Å². The number of rotatable bonds is 5. The van der Waals surface area contributed by atoms with E-state index < -0.39 is 0 Å². The van der Waals surface area contributed by atoms with Gasteiger partial charge in [-0.05, 0) is 30.0 Å². The number of ether oxygens (including phenoxy) is 1. The number of fused-ring (bicyclic) bond motifs is 1. The molecular weight excluding hydrogens is 270 g/mol. The number of hydrogen-bond acceptors (Lipinski definition) is 4. The maximum atomic E-state index is 9.50. The summed E-state index contributed by atoms with van der Waals surface area (Å²) in [6.45, 7) is 2.84. The molecule has 106 valence electrons. The van der Waals surface area contributed by atoms with Gasteiger partial charge >= 0.3 is 0 Å². The number of nitrogens with one attached hydrogen (secondary N) is 1. The minimum atomic E-state index is 0.198. The molecule has 4 heteroatoms. The Labute approximate surface area is 123 Å². The predicted molar refractivity (Wildman–Crippen MR) is 81.4 cm³/mol. The highest BCUT2D eigenvalue weighted by Crippen LogP contribution is 2.37. The number of thiophene rings is 1. The Morgan fingerprint density at radius 1 is 1.45 bits per heavy atom. The molecule has 3 rings (SSSR count). The zero-order valence-corrected chi connectivity index (χ0v) is 12.3. The molecule has 0 saturated heterocycles. The first-order valence-electron chi connectivity index (χ1n) is 7.03. The van der Waals surface area contributed by atoms with Crippen LogP contribution in [0.1, 0.15) is 42.3 Å². The van der Waals surface area contributed by atoms with E-state index in [0.717, 1.165) is 24.2 Å². The van der Waals surface area contributed by atoms with Crippen molar-refractivity contribution in [3.05, 3.63) is 46.2 Å². The molecular formula is C16H19NO2S. The van der Waals surface area contributed by atoms with Gasteiger partial charge in [0.2, 0.25) is 0 Å². The number of phenolic OH excluding ortho intramolecular Hbond substituents is 1. The third-order valence-electron chi connectivity index (χ3n) is 3.64. The Morgan fingerprint density at radius 3 is 3.10 bits per heavy atom. The normalized spacial score (nSPS) is 18.6. The Bertz CT molecular complexity index is 568. The minimum Gasteiger partial charge on any atom is -0.508 e.